The van der Waals surface area contributed by atoms with Gasteiger partial charge in [0.25, 0.3) is 0 Å². The number of nitrogens with zero attached hydrogens (tertiary/aromatic N) is 6. The van der Waals surface area contributed by atoms with Crippen LogP contribution >= 0.6 is 23.1 Å². The first-order chi connectivity index (χ1) is 68.0. The number of aromatic carboxylic acids is 5. The lowest BCUT2D eigenvalue weighted by Gasteiger charge is -2.27. The van der Waals surface area contributed by atoms with Gasteiger partial charge in [-0.2, -0.15) is 0 Å². The zero-order valence-electron chi connectivity index (χ0n) is 78.6. The van der Waals surface area contributed by atoms with Crippen molar-refractivity contribution in [3.63, 3.8) is 0 Å². The molecule has 20 rings (SSSR count). The van der Waals surface area contributed by atoms with Gasteiger partial charge in [-0.1, -0.05) is 95.7 Å². The highest BCUT2D eigenvalue weighted by molar-refractivity contribution is 7.99. The number of fused-ring (bicyclic) bond motifs is 5. The van der Waals surface area contributed by atoms with E-state index in [1.807, 2.05) is 111 Å². The molecule has 0 saturated carbocycles. The molecule has 0 amide bonds. The van der Waals surface area contributed by atoms with E-state index in [1.54, 1.807) is 84.4 Å². The fraction of sp³-hybridized carbons (Fsp3) is 0.272. The number of hydrogen-bond acceptors (Lipinski definition) is 21. The number of benzene rings is 6. The number of pyridine rings is 6. The maximum Gasteiger partial charge on any atom is 0.336 e. The maximum atomic E-state index is 11.4. The second kappa shape index (κ2) is 46.9. The Morgan fingerprint density at radius 2 is 0.764 bits per heavy atom. The highest BCUT2D eigenvalue weighted by atomic mass is 32.2. The predicted molar refractivity (Wildman–Crippen MR) is 536 cm³/mol. The fourth-order valence-corrected chi connectivity index (χ4v) is 20.4. The minimum Gasteiger partial charge on any atom is -0.493 e. The van der Waals surface area contributed by atoms with Crippen LogP contribution in [0.1, 0.15) is 243 Å². The van der Waals surface area contributed by atoms with Crippen LogP contribution < -0.4 is 33.2 Å². The van der Waals surface area contributed by atoms with E-state index in [9.17, 15) is 49.5 Å². The fourth-order valence-electron chi connectivity index (χ4n) is 18.8. The van der Waals surface area contributed by atoms with Gasteiger partial charge >= 0.3 is 29.8 Å². The number of carbonyl (C=O) groups is 5. The first-order valence-electron chi connectivity index (χ1n) is 47.2. The lowest BCUT2D eigenvalue weighted by atomic mass is 9.86. The maximum absolute atomic E-state index is 11.4. The predicted octanol–water partition coefficient (Wildman–Crippen LogP) is 25.9. The lowest BCUT2D eigenvalue weighted by Crippen LogP contribution is -2.15. The topological polar surface area (TPSA) is 342 Å². The smallest absolute Gasteiger partial charge is 0.336 e. The first-order valence-corrected chi connectivity index (χ1v) is 48.9. The van der Waals surface area contributed by atoms with Crippen LogP contribution in [0, 0.1) is 20.8 Å². The van der Waals surface area contributed by atoms with Gasteiger partial charge in [0.1, 0.15) is 51.8 Å². The van der Waals surface area contributed by atoms with Gasteiger partial charge < -0.3 is 63.1 Å². The molecule has 0 fully saturated rings. The van der Waals surface area contributed by atoms with E-state index < -0.39 is 29.8 Å². The van der Waals surface area contributed by atoms with E-state index in [1.165, 1.54) is 79.7 Å². The molecule has 8 aromatic heterocycles. The first kappa shape index (κ1) is 98.0. The minimum atomic E-state index is -0.915. The molecule has 0 radical (unpaired) electrons. The standard InChI is InChI=1S/C24H25NO3.C23H22N2O4.C23H21NO3S.C22H21NO4S.C22H21NO4/c1-15-11-16(2)22(12-15)18-5-6-20-17(8-10-28-23(20)13-18)3-4-19-14-25-9-7-21(19)24(26)27;1-15-3-2-4-22(25-15)29-18-7-8-19-16(10-12-28-21(19)13-18)5-6-17-14-24-11-9-20(17)23(26)27;25-23(26)21-10-12-24-15-17(21)7-6-16-11-13-27-22-14-19(8-9-20(16)22)28-18-4-2-1-3-5-18;1-14-2-7-21(28-14)27-17-5-6-18-15(9-11-26-20(18)12-17)3-4-16-13-23-10-8-19(16)22(24)25;1-14-2-7-20(27-14)16-5-6-18-15(9-11-26-21(18)12-16)3-4-17-13-23-10-8-19(17)22(24)25/h5-7,9,12-14,17H,3-4,8,10-11H2,1-2H3,(H,26,27);2-4,7-9,11,13-14,16H,5-6,10,12H2,1H3,(H,26,27);1-5,8-10,12,14-16H,6-7,11,13H2,(H,25,26);2,5-8,10,12-13,15H,3-4,9,11H2,1H3,(H,24,25);2,5-8,10,12-13,15H,3-4,9,11H2,1H3,(H,24,25). The average molecular weight is 1920 g/mol. The van der Waals surface area contributed by atoms with Crippen LogP contribution in [0.2, 0.25) is 0 Å². The van der Waals surface area contributed by atoms with Gasteiger partial charge in [-0.15, -0.1) is 11.3 Å². The van der Waals surface area contributed by atoms with E-state index in [2.05, 4.69) is 123 Å². The van der Waals surface area contributed by atoms with E-state index in [4.69, 9.17) is 37.6 Å². The van der Waals surface area contributed by atoms with Crippen molar-refractivity contribution in [2.75, 3.05) is 33.0 Å². The normalized spacial score (nSPS) is 16.1. The summed E-state index contributed by atoms with van der Waals surface area (Å²) in [5, 5.41) is 47.7. The van der Waals surface area contributed by atoms with Crippen molar-refractivity contribution in [1.82, 2.24) is 29.9 Å². The van der Waals surface area contributed by atoms with Crippen molar-refractivity contribution in [1.29, 1.82) is 0 Å². The summed E-state index contributed by atoms with van der Waals surface area (Å²) in [6.45, 7) is 13.6. The zero-order valence-corrected chi connectivity index (χ0v) is 80.2. The number of aryl methyl sites for hydroxylation is 8. The van der Waals surface area contributed by atoms with Crippen molar-refractivity contribution < 1.29 is 87.1 Å². The number of furan rings is 1. The summed E-state index contributed by atoms with van der Waals surface area (Å²) < 4.78 is 47.0. The van der Waals surface area contributed by atoms with Crippen LogP contribution in [0.3, 0.4) is 0 Å². The molecule has 5 aliphatic heterocycles. The Kier molecular flexibility index (Phi) is 32.8. The Morgan fingerprint density at radius 3 is 1.14 bits per heavy atom. The number of carboxylic acid groups (broad SMARTS) is 5. The molecule has 14 aromatic rings. The number of allylic oxidation sites excluding steroid dienone is 4. The summed E-state index contributed by atoms with van der Waals surface area (Å²) in [5.74, 6) is 5.37. The largest absolute Gasteiger partial charge is 0.493 e. The number of hydrogen-bond donors (Lipinski definition) is 5. The van der Waals surface area contributed by atoms with E-state index in [0.29, 0.717) is 134 Å². The molecular weight excluding hydrogens is 1810 g/mol. The van der Waals surface area contributed by atoms with Crippen molar-refractivity contribution >= 4 is 58.5 Å². The molecule has 1 aliphatic carbocycles. The Morgan fingerprint density at radius 1 is 0.379 bits per heavy atom. The molecule has 5 unspecified atom stereocenters. The van der Waals surface area contributed by atoms with Crippen molar-refractivity contribution in [3.8, 4) is 62.5 Å². The molecule has 716 valence electrons. The van der Waals surface area contributed by atoms with Crippen LogP contribution in [0.4, 0.5) is 0 Å². The van der Waals surface area contributed by atoms with Gasteiger partial charge in [-0.25, -0.2) is 29.0 Å². The van der Waals surface area contributed by atoms with Crippen molar-refractivity contribution in [2.24, 2.45) is 0 Å². The van der Waals surface area contributed by atoms with Crippen LogP contribution in [0.5, 0.6) is 51.2 Å². The Balaban J connectivity index is 0.000000126. The summed E-state index contributed by atoms with van der Waals surface area (Å²) in [4.78, 5) is 85.4. The molecule has 0 spiro atoms. The van der Waals surface area contributed by atoms with E-state index in [-0.39, 0.29) is 0 Å². The number of aromatic nitrogens is 6. The molecule has 0 saturated heterocycles. The zero-order chi connectivity index (χ0) is 97.5. The van der Waals surface area contributed by atoms with Gasteiger partial charge in [0.05, 0.1) is 60.9 Å². The Hall–Kier alpha value is -15.0. The highest BCUT2D eigenvalue weighted by Crippen LogP contribution is 2.47. The number of rotatable bonds is 28. The van der Waals surface area contributed by atoms with E-state index >= 15 is 0 Å². The van der Waals surface area contributed by atoms with Gasteiger partial charge in [-0.05, 0) is 343 Å². The summed E-state index contributed by atoms with van der Waals surface area (Å²) in [7, 11) is 0. The summed E-state index contributed by atoms with van der Waals surface area (Å²) in [5.41, 5.74) is 18.7. The highest BCUT2D eigenvalue weighted by Gasteiger charge is 2.31. The Labute approximate surface area is 821 Å². The van der Waals surface area contributed by atoms with Crippen LogP contribution in [-0.4, -0.2) is 118 Å². The minimum absolute atomic E-state index is 0.298. The molecule has 6 aliphatic rings. The average Bonchev–Trinajstić information content (AvgIpc) is 1.66. The second-order valence-corrected chi connectivity index (χ2v) is 37.9. The summed E-state index contributed by atoms with van der Waals surface area (Å²) >= 11 is 3.34. The number of thiophene rings is 1. The lowest BCUT2D eigenvalue weighted by molar-refractivity contribution is 0.0684. The van der Waals surface area contributed by atoms with Crippen molar-refractivity contribution in [2.45, 2.75) is 177 Å². The van der Waals surface area contributed by atoms with Gasteiger partial charge in [-0.3, -0.25) is 24.9 Å². The molecule has 5 atom stereocenters. The molecule has 140 heavy (non-hydrogen) atoms. The Bertz CT molecular complexity index is 6850. The van der Waals surface area contributed by atoms with Crippen molar-refractivity contribution in [3.05, 3.63) is 379 Å². The number of ether oxygens (including phenoxy) is 7. The van der Waals surface area contributed by atoms with Crippen LogP contribution in [0.25, 0.3) is 16.9 Å². The summed E-state index contributed by atoms with van der Waals surface area (Å²) in [6, 6.07) is 62.7. The van der Waals surface area contributed by atoms with Gasteiger partial charge in [0, 0.05) is 106 Å². The molecule has 24 nitrogen and oxygen atoms in total. The second-order valence-electron chi connectivity index (χ2n) is 35.5. The molecule has 0 bridgehead atoms. The third-order valence-corrected chi connectivity index (χ3v) is 27.9. The van der Waals surface area contributed by atoms with Crippen LogP contribution in [-0.2, 0) is 32.1 Å². The molecular formula is C114H110N6O18S2. The molecule has 13 heterocycles. The molecule has 6 aromatic carbocycles. The quantitative estimate of drug-likeness (QED) is 0.0304. The van der Waals surface area contributed by atoms with Crippen LogP contribution in [0.15, 0.2) is 288 Å². The monoisotopic (exact) mass is 1910 g/mol. The third-order valence-electron chi connectivity index (χ3n) is 26.0. The molecule has 5 N–H and O–H groups in total. The number of carboxylic acids is 5. The molecule has 26 heteroatoms. The summed E-state index contributed by atoms with van der Waals surface area (Å²) in [6.07, 6.45) is 31.6. The SMILES string of the molecule is CC1=CC(c2ccc3c(c2)OCCC3CCc2cnccc2C(=O)O)=C(C)C1.Cc1ccc(-c2ccc3c(c2)OCCC3CCc2cnccc2C(=O)O)o1.Cc1ccc(Oc2ccc3c(c2)OCCC3CCc2cnccc2C(=O)O)s1.Cc1cccc(Oc2ccc3c(c2)OCCC3CCc2cnccc2C(=O)O)n1.O=C(O)c1ccncc1CCC1CCOc2cc(Sc3ccccc3)ccc21. The van der Waals surface area contributed by atoms with Gasteiger partial charge in [0.2, 0.25) is 5.88 Å². The third kappa shape index (κ3) is 25.5. The van der Waals surface area contributed by atoms with Gasteiger partial charge in [0.15, 0.2) is 5.06 Å². The van der Waals surface area contributed by atoms with E-state index in [0.717, 1.165) is 177 Å².